The van der Waals surface area contributed by atoms with Gasteiger partial charge in [0.25, 0.3) is 0 Å². The molecule has 6 nitrogen and oxygen atoms in total. The summed E-state index contributed by atoms with van der Waals surface area (Å²) >= 11 is 0. The third-order valence-electron chi connectivity index (χ3n) is 5.80. The Hall–Kier alpha value is -2.73. The van der Waals surface area contributed by atoms with E-state index in [0.717, 1.165) is 47.7 Å². The molecule has 30 heavy (non-hydrogen) atoms. The molecule has 6 heteroatoms. The van der Waals surface area contributed by atoms with Crippen LogP contribution in [0.1, 0.15) is 30.0 Å². The zero-order chi connectivity index (χ0) is 21.7. The standard InChI is InChI=1S/C24H33N3O3/c1-25(2)19-10-8-18(9-11-19)16-26(3)24(28)17-27-14-6-7-22(27)21-13-12-20(29-4)15-23(21)30-5/h8-13,15,22H,6-7,14,16-17H2,1-5H3/t22-/m0/s1. The molecule has 0 spiro atoms. The molecule has 1 atom stereocenters. The monoisotopic (exact) mass is 411 g/mol. The van der Waals surface area contributed by atoms with E-state index in [9.17, 15) is 4.79 Å². The maximum absolute atomic E-state index is 12.9. The van der Waals surface area contributed by atoms with E-state index in [0.29, 0.717) is 13.1 Å². The first kappa shape index (κ1) is 22.0. The Morgan fingerprint density at radius 1 is 1.07 bits per heavy atom. The molecular weight excluding hydrogens is 378 g/mol. The summed E-state index contributed by atoms with van der Waals surface area (Å²) in [4.78, 5) is 19.1. The Morgan fingerprint density at radius 3 is 2.43 bits per heavy atom. The molecule has 0 saturated carbocycles. The van der Waals surface area contributed by atoms with E-state index < -0.39 is 0 Å². The minimum absolute atomic E-state index is 0.131. The fourth-order valence-corrected chi connectivity index (χ4v) is 4.02. The summed E-state index contributed by atoms with van der Waals surface area (Å²) < 4.78 is 10.9. The lowest BCUT2D eigenvalue weighted by Gasteiger charge is -2.28. The van der Waals surface area contributed by atoms with Crippen molar-refractivity contribution in [2.75, 3.05) is 53.4 Å². The van der Waals surface area contributed by atoms with E-state index in [1.165, 1.54) is 0 Å². The average molecular weight is 412 g/mol. The topological polar surface area (TPSA) is 45.2 Å². The van der Waals surface area contributed by atoms with Gasteiger partial charge in [-0.1, -0.05) is 18.2 Å². The van der Waals surface area contributed by atoms with Gasteiger partial charge in [-0.3, -0.25) is 9.69 Å². The molecule has 2 aromatic rings. The Morgan fingerprint density at radius 2 is 1.80 bits per heavy atom. The van der Waals surface area contributed by atoms with Crippen molar-refractivity contribution < 1.29 is 14.3 Å². The maximum atomic E-state index is 12.9. The molecule has 1 heterocycles. The van der Waals surface area contributed by atoms with Gasteiger partial charge in [0.05, 0.1) is 20.8 Å². The second kappa shape index (κ2) is 9.85. The van der Waals surface area contributed by atoms with Gasteiger partial charge in [0, 0.05) is 51.0 Å². The maximum Gasteiger partial charge on any atom is 0.236 e. The molecule has 1 aliphatic heterocycles. The Balaban J connectivity index is 1.65. The number of methoxy groups -OCH3 is 2. The molecule has 1 fully saturated rings. The second-order valence-corrected chi connectivity index (χ2v) is 8.05. The highest BCUT2D eigenvalue weighted by Crippen LogP contribution is 2.38. The minimum Gasteiger partial charge on any atom is -0.497 e. The largest absolute Gasteiger partial charge is 0.497 e. The lowest BCUT2D eigenvalue weighted by molar-refractivity contribution is -0.131. The van der Waals surface area contributed by atoms with Crippen LogP contribution in [0.5, 0.6) is 11.5 Å². The quantitative estimate of drug-likeness (QED) is 0.665. The molecule has 1 saturated heterocycles. The number of nitrogens with zero attached hydrogens (tertiary/aromatic N) is 3. The highest BCUT2D eigenvalue weighted by molar-refractivity contribution is 5.78. The molecule has 162 valence electrons. The van der Waals surface area contributed by atoms with Gasteiger partial charge in [-0.2, -0.15) is 0 Å². The predicted molar refractivity (Wildman–Crippen MR) is 120 cm³/mol. The van der Waals surface area contributed by atoms with E-state index in [-0.39, 0.29) is 11.9 Å². The van der Waals surface area contributed by atoms with Crippen LogP contribution in [-0.2, 0) is 11.3 Å². The number of anilines is 1. The summed E-state index contributed by atoms with van der Waals surface area (Å²) in [6, 6.07) is 14.4. The summed E-state index contributed by atoms with van der Waals surface area (Å²) in [5.74, 6) is 1.72. The van der Waals surface area contributed by atoms with E-state index in [2.05, 4.69) is 40.1 Å². The van der Waals surface area contributed by atoms with Crippen molar-refractivity contribution >= 4 is 11.6 Å². The molecule has 0 aromatic heterocycles. The van der Waals surface area contributed by atoms with Crippen molar-refractivity contribution in [2.24, 2.45) is 0 Å². The first-order valence-electron chi connectivity index (χ1n) is 10.4. The number of hydrogen-bond acceptors (Lipinski definition) is 5. The van der Waals surface area contributed by atoms with Crippen molar-refractivity contribution in [3.05, 3.63) is 53.6 Å². The van der Waals surface area contributed by atoms with Gasteiger partial charge >= 0.3 is 0 Å². The molecule has 0 radical (unpaired) electrons. The second-order valence-electron chi connectivity index (χ2n) is 8.05. The van der Waals surface area contributed by atoms with E-state index >= 15 is 0 Å². The Kier molecular flexibility index (Phi) is 7.21. The SMILES string of the molecule is COc1ccc([C@@H]2CCCN2CC(=O)N(C)Cc2ccc(N(C)C)cc2)c(OC)c1. The van der Waals surface area contributed by atoms with Crippen LogP contribution in [0.2, 0.25) is 0 Å². The summed E-state index contributed by atoms with van der Waals surface area (Å²) in [5.41, 5.74) is 3.40. The number of ether oxygens (including phenoxy) is 2. The lowest BCUT2D eigenvalue weighted by atomic mass is 10.0. The van der Waals surface area contributed by atoms with E-state index in [1.807, 2.05) is 38.2 Å². The van der Waals surface area contributed by atoms with Gasteiger partial charge in [-0.15, -0.1) is 0 Å². The van der Waals surface area contributed by atoms with Crippen LogP contribution >= 0.6 is 0 Å². The number of amides is 1. The van der Waals surface area contributed by atoms with Crippen molar-refractivity contribution in [3.63, 3.8) is 0 Å². The molecule has 0 bridgehead atoms. The predicted octanol–water partition coefficient (Wildman–Crippen LogP) is 3.57. The molecule has 3 rings (SSSR count). The van der Waals surface area contributed by atoms with Gasteiger partial charge in [0.2, 0.25) is 5.91 Å². The lowest BCUT2D eigenvalue weighted by Crippen LogP contribution is -2.37. The zero-order valence-corrected chi connectivity index (χ0v) is 18.7. The molecule has 1 aliphatic rings. The molecular formula is C24H33N3O3. The molecule has 1 amide bonds. The number of rotatable bonds is 8. The highest BCUT2D eigenvalue weighted by atomic mass is 16.5. The smallest absolute Gasteiger partial charge is 0.236 e. The summed E-state index contributed by atoms with van der Waals surface area (Å²) in [6.45, 7) is 1.93. The van der Waals surface area contributed by atoms with Crippen LogP contribution in [-0.4, -0.2) is 64.2 Å². The van der Waals surface area contributed by atoms with Crippen LogP contribution in [0.3, 0.4) is 0 Å². The van der Waals surface area contributed by atoms with Crippen LogP contribution in [0.25, 0.3) is 0 Å². The molecule has 0 aliphatic carbocycles. The fourth-order valence-electron chi connectivity index (χ4n) is 4.02. The van der Waals surface area contributed by atoms with Crippen molar-refractivity contribution in [2.45, 2.75) is 25.4 Å². The first-order valence-corrected chi connectivity index (χ1v) is 10.4. The van der Waals surface area contributed by atoms with Gasteiger partial charge in [0.1, 0.15) is 11.5 Å². The minimum atomic E-state index is 0.131. The highest BCUT2D eigenvalue weighted by Gasteiger charge is 2.30. The normalized spacial score (nSPS) is 16.4. The Labute approximate surface area is 180 Å². The van der Waals surface area contributed by atoms with Gasteiger partial charge in [-0.05, 0) is 43.1 Å². The average Bonchev–Trinajstić information content (AvgIpc) is 3.21. The van der Waals surface area contributed by atoms with Crippen molar-refractivity contribution in [1.29, 1.82) is 0 Å². The van der Waals surface area contributed by atoms with Crippen LogP contribution in [0, 0.1) is 0 Å². The van der Waals surface area contributed by atoms with Crippen LogP contribution in [0.15, 0.2) is 42.5 Å². The van der Waals surface area contributed by atoms with Crippen molar-refractivity contribution in [1.82, 2.24) is 9.80 Å². The molecule has 0 N–H and O–H groups in total. The van der Waals surface area contributed by atoms with Gasteiger partial charge < -0.3 is 19.3 Å². The van der Waals surface area contributed by atoms with Crippen LogP contribution < -0.4 is 14.4 Å². The first-order chi connectivity index (χ1) is 14.4. The third kappa shape index (κ3) is 5.05. The number of benzene rings is 2. The van der Waals surface area contributed by atoms with Gasteiger partial charge in [-0.25, -0.2) is 0 Å². The van der Waals surface area contributed by atoms with E-state index in [4.69, 9.17) is 9.47 Å². The molecule has 0 unspecified atom stereocenters. The number of carbonyl (C=O) groups excluding carboxylic acids is 1. The van der Waals surface area contributed by atoms with E-state index in [1.54, 1.807) is 14.2 Å². The fraction of sp³-hybridized carbons (Fsp3) is 0.458. The van der Waals surface area contributed by atoms with Crippen molar-refractivity contribution in [3.8, 4) is 11.5 Å². The zero-order valence-electron chi connectivity index (χ0n) is 18.7. The Bertz CT molecular complexity index is 851. The summed E-state index contributed by atoms with van der Waals surface area (Å²) in [5, 5.41) is 0. The number of hydrogen-bond donors (Lipinski definition) is 0. The van der Waals surface area contributed by atoms with Crippen LogP contribution in [0.4, 0.5) is 5.69 Å². The molecule has 2 aromatic carbocycles. The number of likely N-dealkylation sites (tertiary alicyclic amines) is 1. The number of likely N-dealkylation sites (N-methyl/N-ethyl adjacent to an activating group) is 1. The third-order valence-corrected chi connectivity index (χ3v) is 5.80. The van der Waals surface area contributed by atoms with Gasteiger partial charge in [0.15, 0.2) is 0 Å². The summed E-state index contributed by atoms with van der Waals surface area (Å²) in [6.07, 6.45) is 2.09. The number of carbonyl (C=O) groups is 1. The summed E-state index contributed by atoms with van der Waals surface area (Å²) in [7, 11) is 9.25.